The highest BCUT2D eigenvalue weighted by Crippen LogP contribution is 2.21. The van der Waals surface area contributed by atoms with Gasteiger partial charge in [-0.2, -0.15) is 5.10 Å². The summed E-state index contributed by atoms with van der Waals surface area (Å²) in [5, 5.41) is 4.47. The molecule has 0 unspecified atom stereocenters. The Balaban J connectivity index is 2.40. The van der Waals surface area contributed by atoms with Crippen molar-refractivity contribution < 1.29 is 4.39 Å². The third kappa shape index (κ3) is 2.38. The van der Waals surface area contributed by atoms with E-state index in [0.717, 1.165) is 11.4 Å². The van der Waals surface area contributed by atoms with Gasteiger partial charge in [-0.3, -0.25) is 0 Å². The minimum absolute atomic E-state index is 0.00842. The lowest BCUT2D eigenvalue weighted by atomic mass is 9.93. The number of nitrogens with zero attached hydrogens (tertiary/aromatic N) is 2. The highest BCUT2D eigenvalue weighted by atomic mass is 19.1. The van der Waals surface area contributed by atoms with Crippen LogP contribution in [0.15, 0.2) is 30.5 Å². The summed E-state index contributed by atoms with van der Waals surface area (Å²) in [6.45, 7) is 8.07. The smallest absolute Gasteiger partial charge is 0.128 e. The van der Waals surface area contributed by atoms with Crippen LogP contribution in [-0.4, -0.2) is 9.78 Å². The zero-order chi connectivity index (χ0) is 12.6. The summed E-state index contributed by atoms with van der Waals surface area (Å²) in [5.41, 5.74) is 2.41. The SMILES string of the molecule is Cc1ccc(-n2ccc(C(C)(C)C)n2)cc1F. The summed E-state index contributed by atoms with van der Waals surface area (Å²) in [6, 6.07) is 7.12. The van der Waals surface area contributed by atoms with Crippen molar-refractivity contribution in [3.63, 3.8) is 0 Å². The maximum absolute atomic E-state index is 13.5. The Kier molecular flexibility index (Phi) is 2.77. The van der Waals surface area contributed by atoms with E-state index in [9.17, 15) is 4.39 Å². The molecule has 2 nitrogen and oxygen atoms in total. The van der Waals surface area contributed by atoms with Gasteiger partial charge >= 0.3 is 0 Å². The van der Waals surface area contributed by atoms with Crippen molar-refractivity contribution in [2.45, 2.75) is 33.1 Å². The first kappa shape index (κ1) is 11.8. The summed E-state index contributed by atoms with van der Waals surface area (Å²) in [7, 11) is 0. The number of benzene rings is 1. The monoisotopic (exact) mass is 232 g/mol. The van der Waals surface area contributed by atoms with Crippen LogP contribution in [0.2, 0.25) is 0 Å². The van der Waals surface area contributed by atoms with Crippen molar-refractivity contribution in [2.75, 3.05) is 0 Å². The lowest BCUT2D eigenvalue weighted by molar-refractivity contribution is 0.559. The van der Waals surface area contributed by atoms with E-state index in [1.807, 2.05) is 18.3 Å². The highest BCUT2D eigenvalue weighted by Gasteiger charge is 2.17. The van der Waals surface area contributed by atoms with E-state index in [1.165, 1.54) is 6.07 Å². The molecule has 2 aromatic rings. The number of hydrogen-bond acceptors (Lipinski definition) is 1. The van der Waals surface area contributed by atoms with E-state index in [2.05, 4.69) is 25.9 Å². The van der Waals surface area contributed by atoms with Gasteiger partial charge < -0.3 is 0 Å². The fourth-order valence-electron chi connectivity index (χ4n) is 1.59. The lowest BCUT2D eigenvalue weighted by Crippen LogP contribution is -2.12. The molecule has 0 aliphatic rings. The Morgan fingerprint density at radius 1 is 1.18 bits per heavy atom. The Bertz CT molecular complexity index is 535. The average Bonchev–Trinajstić information content (AvgIpc) is 2.70. The van der Waals surface area contributed by atoms with Gasteiger partial charge in [0.15, 0.2) is 0 Å². The van der Waals surface area contributed by atoms with E-state index in [4.69, 9.17) is 0 Å². The number of halogens is 1. The fraction of sp³-hybridized carbons (Fsp3) is 0.357. The van der Waals surface area contributed by atoms with Crippen LogP contribution >= 0.6 is 0 Å². The molecule has 0 N–H and O–H groups in total. The maximum Gasteiger partial charge on any atom is 0.128 e. The molecule has 0 saturated carbocycles. The number of hydrogen-bond donors (Lipinski definition) is 0. The maximum atomic E-state index is 13.5. The summed E-state index contributed by atoms with van der Waals surface area (Å²) in [6.07, 6.45) is 1.87. The van der Waals surface area contributed by atoms with Gasteiger partial charge in [-0.15, -0.1) is 0 Å². The Labute approximate surface area is 101 Å². The third-order valence-corrected chi connectivity index (χ3v) is 2.78. The van der Waals surface area contributed by atoms with Gasteiger partial charge in [0, 0.05) is 11.6 Å². The molecule has 17 heavy (non-hydrogen) atoms. The molecule has 0 aliphatic heterocycles. The molecule has 0 saturated heterocycles. The lowest BCUT2D eigenvalue weighted by Gasteiger charge is -2.14. The number of aromatic nitrogens is 2. The molecule has 90 valence electrons. The van der Waals surface area contributed by atoms with Crippen LogP contribution in [0.1, 0.15) is 32.0 Å². The summed E-state index contributed by atoms with van der Waals surface area (Å²) >= 11 is 0. The quantitative estimate of drug-likeness (QED) is 0.734. The molecule has 3 heteroatoms. The topological polar surface area (TPSA) is 17.8 Å². The van der Waals surface area contributed by atoms with Crippen LogP contribution < -0.4 is 0 Å². The van der Waals surface area contributed by atoms with Gasteiger partial charge in [-0.1, -0.05) is 26.8 Å². The van der Waals surface area contributed by atoms with Gasteiger partial charge in [-0.05, 0) is 30.7 Å². The Hall–Kier alpha value is -1.64. The molecule has 1 aromatic carbocycles. The molecule has 1 aromatic heterocycles. The first-order valence-corrected chi connectivity index (χ1v) is 5.70. The predicted molar refractivity (Wildman–Crippen MR) is 67.0 cm³/mol. The van der Waals surface area contributed by atoms with E-state index in [1.54, 1.807) is 17.7 Å². The van der Waals surface area contributed by atoms with E-state index >= 15 is 0 Å². The number of rotatable bonds is 1. The van der Waals surface area contributed by atoms with E-state index in [-0.39, 0.29) is 11.2 Å². The third-order valence-electron chi connectivity index (χ3n) is 2.78. The van der Waals surface area contributed by atoms with Gasteiger partial charge in [-0.25, -0.2) is 9.07 Å². The van der Waals surface area contributed by atoms with Gasteiger partial charge in [0.1, 0.15) is 5.82 Å². The molecule has 0 spiro atoms. The molecule has 0 fully saturated rings. The number of aryl methyl sites for hydroxylation is 1. The van der Waals surface area contributed by atoms with Crippen molar-refractivity contribution in [1.82, 2.24) is 9.78 Å². The van der Waals surface area contributed by atoms with Gasteiger partial charge in [0.25, 0.3) is 0 Å². The van der Waals surface area contributed by atoms with Crippen LogP contribution in [-0.2, 0) is 5.41 Å². The van der Waals surface area contributed by atoms with Crippen molar-refractivity contribution in [1.29, 1.82) is 0 Å². The standard InChI is InChI=1S/C14H17FN2/c1-10-5-6-11(9-12(10)15)17-8-7-13(16-17)14(2,3)4/h5-9H,1-4H3. The minimum Gasteiger partial charge on any atom is -0.241 e. The first-order valence-electron chi connectivity index (χ1n) is 5.70. The van der Waals surface area contributed by atoms with Gasteiger partial charge in [0.05, 0.1) is 11.4 Å². The Morgan fingerprint density at radius 2 is 1.88 bits per heavy atom. The molecule has 0 aliphatic carbocycles. The molecule has 0 bridgehead atoms. The van der Waals surface area contributed by atoms with Crippen molar-refractivity contribution in [3.8, 4) is 5.69 Å². The van der Waals surface area contributed by atoms with Crippen LogP contribution in [0.25, 0.3) is 5.69 Å². The predicted octanol–water partition coefficient (Wildman–Crippen LogP) is 3.62. The summed E-state index contributed by atoms with van der Waals surface area (Å²) < 4.78 is 15.2. The van der Waals surface area contributed by atoms with Gasteiger partial charge in [0.2, 0.25) is 0 Å². The normalized spacial score (nSPS) is 11.8. The second kappa shape index (κ2) is 3.99. The van der Waals surface area contributed by atoms with Crippen molar-refractivity contribution in [3.05, 3.63) is 47.5 Å². The molecule has 2 rings (SSSR count). The zero-order valence-electron chi connectivity index (χ0n) is 10.7. The average molecular weight is 232 g/mol. The van der Waals surface area contributed by atoms with Crippen LogP contribution in [0.4, 0.5) is 4.39 Å². The molecular formula is C14H17FN2. The summed E-state index contributed by atoms with van der Waals surface area (Å²) in [5.74, 6) is -0.199. The second-order valence-corrected chi connectivity index (χ2v) is 5.33. The van der Waals surface area contributed by atoms with E-state index < -0.39 is 0 Å². The van der Waals surface area contributed by atoms with Crippen LogP contribution in [0.5, 0.6) is 0 Å². The zero-order valence-corrected chi connectivity index (χ0v) is 10.7. The highest BCUT2D eigenvalue weighted by molar-refractivity contribution is 5.35. The first-order chi connectivity index (χ1) is 7.88. The van der Waals surface area contributed by atoms with Crippen molar-refractivity contribution >= 4 is 0 Å². The minimum atomic E-state index is -0.199. The van der Waals surface area contributed by atoms with E-state index in [0.29, 0.717) is 5.56 Å². The largest absolute Gasteiger partial charge is 0.241 e. The van der Waals surface area contributed by atoms with Crippen molar-refractivity contribution in [2.24, 2.45) is 0 Å². The molecule has 1 heterocycles. The fourth-order valence-corrected chi connectivity index (χ4v) is 1.59. The summed E-state index contributed by atoms with van der Waals surface area (Å²) in [4.78, 5) is 0. The van der Waals surface area contributed by atoms with Crippen LogP contribution in [0, 0.1) is 12.7 Å². The molecular weight excluding hydrogens is 215 g/mol. The molecule has 0 atom stereocenters. The second-order valence-electron chi connectivity index (χ2n) is 5.33. The Morgan fingerprint density at radius 3 is 2.41 bits per heavy atom. The van der Waals surface area contributed by atoms with Crippen LogP contribution in [0.3, 0.4) is 0 Å². The molecule has 0 radical (unpaired) electrons. The molecule has 0 amide bonds.